The Morgan fingerprint density at radius 2 is 2.57 bits per heavy atom. The summed E-state index contributed by atoms with van der Waals surface area (Å²) < 4.78 is 2.29. The number of nitrogens with one attached hydrogen (secondary N) is 1. The maximum Gasteiger partial charge on any atom is 0.0948 e. The summed E-state index contributed by atoms with van der Waals surface area (Å²) in [5.41, 5.74) is 1.36. The van der Waals surface area contributed by atoms with E-state index >= 15 is 0 Å². The molecule has 0 aromatic carbocycles. The van der Waals surface area contributed by atoms with Crippen LogP contribution in [0.4, 0.5) is 0 Å². The summed E-state index contributed by atoms with van der Waals surface area (Å²) >= 11 is 0. The molecule has 3 heteroatoms. The highest BCUT2D eigenvalue weighted by Crippen LogP contribution is 2.14. The van der Waals surface area contributed by atoms with Crippen LogP contribution in [0.15, 0.2) is 12.5 Å². The zero-order valence-corrected chi connectivity index (χ0v) is 8.87. The fourth-order valence-electron chi connectivity index (χ4n) is 2.13. The average Bonchev–Trinajstić information content (AvgIpc) is 2.85. The summed E-state index contributed by atoms with van der Waals surface area (Å²) in [6.07, 6.45) is 7.66. The molecule has 78 valence electrons. The molecule has 0 bridgehead atoms. The van der Waals surface area contributed by atoms with Crippen LogP contribution in [0.3, 0.4) is 0 Å². The van der Waals surface area contributed by atoms with Crippen LogP contribution < -0.4 is 5.32 Å². The van der Waals surface area contributed by atoms with Crippen molar-refractivity contribution in [1.82, 2.24) is 14.9 Å². The summed E-state index contributed by atoms with van der Waals surface area (Å²) in [4.78, 5) is 4.19. The van der Waals surface area contributed by atoms with Crippen molar-refractivity contribution in [2.75, 3.05) is 13.1 Å². The predicted molar refractivity (Wildman–Crippen MR) is 57.2 cm³/mol. The molecule has 14 heavy (non-hydrogen) atoms. The molecular weight excluding hydrogens is 174 g/mol. The van der Waals surface area contributed by atoms with E-state index in [1.165, 1.54) is 31.6 Å². The third-order valence-electron chi connectivity index (χ3n) is 3.10. The van der Waals surface area contributed by atoms with Crippen LogP contribution in [0.2, 0.25) is 0 Å². The van der Waals surface area contributed by atoms with Gasteiger partial charge in [0.2, 0.25) is 0 Å². The van der Waals surface area contributed by atoms with Gasteiger partial charge in [0, 0.05) is 18.4 Å². The Morgan fingerprint density at radius 3 is 3.29 bits per heavy atom. The summed E-state index contributed by atoms with van der Waals surface area (Å²) in [6, 6.07) is 0. The van der Waals surface area contributed by atoms with Crippen LogP contribution in [-0.4, -0.2) is 22.6 Å². The van der Waals surface area contributed by atoms with Gasteiger partial charge in [-0.25, -0.2) is 4.98 Å². The topological polar surface area (TPSA) is 29.9 Å². The molecule has 0 radical (unpaired) electrons. The van der Waals surface area contributed by atoms with Crippen molar-refractivity contribution in [3.05, 3.63) is 18.2 Å². The monoisotopic (exact) mass is 193 g/mol. The second kappa shape index (κ2) is 4.60. The highest BCUT2D eigenvalue weighted by Gasteiger charge is 2.14. The number of rotatable bonds is 4. The van der Waals surface area contributed by atoms with Gasteiger partial charge in [-0.2, -0.15) is 0 Å². The summed E-state index contributed by atoms with van der Waals surface area (Å²) in [7, 11) is 0. The lowest BCUT2D eigenvalue weighted by Gasteiger charge is -2.10. The van der Waals surface area contributed by atoms with Gasteiger partial charge in [-0.05, 0) is 38.3 Å². The lowest BCUT2D eigenvalue weighted by molar-refractivity contribution is 0.474. The molecule has 1 saturated heterocycles. The Morgan fingerprint density at radius 1 is 1.64 bits per heavy atom. The number of aryl methyl sites for hydroxylation is 2. The lowest BCUT2D eigenvalue weighted by Crippen LogP contribution is -2.11. The molecule has 1 atom stereocenters. The molecule has 1 fully saturated rings. The van der Waals surface area contributed by atoms with E-state index in [4.69, 9.17) is 0 Å². The molecule has 1 N–H and O–H groups in total. The number of imidazole rings is 1. The van der Waals surface area contributed by atoms with Crippen molar-refractivity contribution < 1.29 is 0 Å². The quantitative estimate of drug-likeness (QED) is 0.784. The molecule has 2 heterocycles. The van der Waals surface area contributed by atoms with Gasteiger partial charge >= 0.3 is 0 Å². The molecule has 1 aromatic heterocycles. The normalized spacial score (nSPS) is 21.6. The zero-order chi connectivity index (χ0) is 9.80. The Balaban J connectivity index is 1.84. The van der Waals surface area contributed by atoms with E-state index in [0.717, 1.165) is 18.9 Å². The second-order valence-corrected chi connectivity index (χ2v) is 4.08. The number of hydrogen-bond donors (Lipinski definition) is 1. The Hall–Kier alpha value is -0.830. The van der Waals surface area contributed by atoms with Crippen molar-refractivity contribution >= 4 is 0 Å². The van der Waals surface area contributed by atoms with Crippen LogP contribution in [0, 0.1) is 5.92 Å². The highest BCUT2D eigenvalue weighted by molar-refractivity contribution is 4.97. The molecule has 1 aliphatic heterocycles. The van der Waals surface area contributed by atoms with Crippen LogP contribution in [0.1, 0.15) is 25.5 Å². The van der Waals surface area contributed by atoms with Gasteiger partial charge in [-0.3, -0.25) is 0 Å². The molecule has 0 amide bonds. The SMILES string of the molecule is CCc1cncn1CCC1CCNC1. The third kappa shape index (κ3) is 2.15. The molecule has 0 spiro atoms. The van der Waals surface area contributed by atoms with Gasteiger partial charge in [0.25, 0.3) is 0 Å². The first-order valence-electron chi connectivity index (χ1n) is 5.60. The number of hydrogen-bond acceptors (Lipinski definition) is 2. The lowest BCUT2D eigenvalue weighted by atomic mass is 10.1. The zero-order valence-electron chi connectivity index (χ0n) is 8.87. The minimum absolute atomic E-state index is 0.877. The first kappa shape index (κ1) is 9.71. The first-order valence-corrected chi connectivity index (χ1v) is 5.60. The predicted octanol–water partition coefficient (Wildman–Crippen LogP) is 1.45. The maximum absolute atomic E-state index is 4.19. The van der Waals surface area contributed by atoms with Crippen molar-refractivity contribution in [1.29, 1.82) is 0 Å². The molecule has 0 aliphatic carbocycles. The van der Waals surface area contributed by atoms with Crippen LogP contribution >= 0.6 is 0 Å². The molecular formula is C11H19N3. The van der Waals surface area contributed by atoms with Gasteiger partial charge in [0.15, 0.2) is 0 Å². The number of nitrogens with zero attached hydrogens (tertiary/aromatic N) is 2. The van der Waals surface area contributed by atoms with E-state index in [9.17, 15) is 0 Å². The smallest absolute Gasteiger partial charge is 0.0948 e. The fraction of sp³-hybridized carbons (Fsp3) is 0.727. The van der Waals surface area contributed by atoms with E-state index < -0.39 is 0 Å². The standard InChI is InChI=1S/C11H19N3/c1-2-11-8-13-9-14(11)6-4-10-3-5-12-7-10/h8-10,12H,2-7H2,1H3. The minimum atomic E-state index is 0.877. The molecule has 1 aromatic rings. The van der Waals surface area contributed by atoms with Crippen molar-refractivity contribution in [3.63, 3.8) is 0 Å². The van der Waals surface area contributed by atoms with Gasteiger partial charge in [-0.1, -0.05) is 6.92 Å². The first-order chi connectivity index (χ1) is 6.90. The maximum atomic E-state index is 4.19. The molecule has 1 unspecified atom stereocenters. The van der Waals surface area contributed by atoms with E-state index in [-0.39, 0.29) is 0 Å². The van der Waals surface area contributed by atoms with Crippen LogP contribution in [0.25, 0.3) is 0 Å². The minimum Gasteiger partial charge on any atom is -0.335 e. The van der Waals surface area contributed by atoms with Gasteiger partial charge < -0.3 is 9.88 Å². The van der Waals surface area contributed by atoms with Gasteiger partial charge in [-0.15, -0.1) is 0 Å². The van der Waals surface area contributed by atoms with Gasteiger partial charge in [0.1, 0.15) is 0 Å². The second-order valence-electron chi connectivity index (χ2n) is 4.08. The van der Waals surface area contributed by atoms with E-state index in [2.05, 4.69) is 21.8 Å². The van der Waals surface area contributed by atoms with Crippen molar-refractivity contribution in [2.24, 2.45) is 5.92 Å². The van der Waals surface area contributed by atoms with Crippen LogP contribution in [0.5, 0.6) is 0 Å². The highest BCUT2D eigenvalue weighted by atomic mass is 15.0. The summed E-state index contributed by atoms with van der Waals surface area (Å²) in [6.45, 7) is 5.73. The molecule has 1 aliphatic rings. The van der Waals surface area contributed by atoms with Crippen molar-refractivity contribution in [2.45, 2.75) is 32.7 Å². The van der Waals surface area contributed by atoms with Crippen molar-refractivity contribution in [3.8, 4) is 0 Å². The third-order valence-corrected chi connectivity index (χ3v) is 3.10. The molecule has 0 saturated carbocycles. The number of aromatic nitrogens is 2. The van der Waals surface area contributed by atoms with Crippen LogP contribution in [-0.2, 0) is 13.0 Å². The Kier molecular flexibility index (Phi) is 3.19. The van der Waals surface area contributed by atoms with E-state index in [0.29, 0.717) is 0 Å². The molecule has 2 rings (SSSR count). The van der Waals surface area contributed by atoms with Gasteiger partial charge in [0.05, 0.1) is 6.33 Å². The van der Waals surface area contributed by atoms with E-state index in [1.54, 1.807) is 0 Å². The van der Waals surface area contributed by atoms with E-state index in [1.807, 2.05) is 12.5 Å². The average molecular weight is 193 g/mol. The Labute approximate surface area is 85.5 Å². The summed E-state index contributed by atoms with van der Waals surface area (Å²) in [5, 5.41) is 3.41. The molecule has 3 nitrogen and oxygen atoms in total. The largest absolute Gasteiger partial charge is 0.335 e. The Bertz CT molecular complexity index is 274. The summed E-state index contributed by atoms with van der Waals surface area (Å²) in [5.74, 6) is 0.877. The fourth-order valence-corrected chi connectivity index (χ4v) is 2.13.